The maximum atomic E-state index is 12.4. The molecular formula is C14H19ClN2O3. The minimum atomic E-state index is 0. The number of hydrogen-bond donors (Lipinski definition) is 1. The molecule has 6 heteroatoms. The molecule has 0 aliphatic carbocycles. The summed E-state index contributed by atoms with van der Waals surface area (Å²) in [4.78, 5) is 14.3. The normalized spacial score (nSPS) is 17.9. The second-order valence-corrected chi connectivity index (χ2v) is 4.75. The zero-order chi connectivity index (χ0) is 13.1. The first-order valence-corrected chi connectivity index (χ1v) is 6.74. The number of ether oxygens (including phenoxy) is 2. The second-order valence-electron chi connectivity index (χ2n) is 4.75. The number of fused-ring (bicyclic) bond motifs is 1. The highest BCUT2D eigenvalue weighted by Crippen LogP contribution is 2.31. The molecule has 2 aliphatic rings. The Bertz CT molecular complexity index is 473. The van der Waals surface area contributed by atoms with Crippen LogP contribution in [-0.2, 0) is 0 Å². The van der Waals surface area contributed by atoms with Gasteiger partial charge in [-0.25, -0.2) is 0 Å². The third-order valence-corrected chi connectivity index (χ3v) is 3.42. The van der Waals surface area contributed by atoms with Gasteiger partial charge in [0.15, 0.2) is 11.5 Å². The fourth-order valence-corrected chi connectivity index (χ4v) is 2.41. The van der Waals surface area contributed by atoms with Crippen molar-refractivity contribution >= 4 is 18.3 Å². The lowest BCUT2D eigenvalue weighted by Gasteiger charge is -2.22. The van der Waals surface area contributed by atoms with Crippen LogP contribution in [-0.4, -0.2) is 50.2 Å². The number of benzene rings is 1. The fraction of sp³-hybridized carbons (Fsp3) is 0.500. The van der Waals surface area contributed by atoms with Crippen molar-refractivity contribution in [1.82, 2.24) is 10.2 Å². The molecule has 2 heterocycles. The van der Waals surface area contributed by atoms with Crippen molar-refractivity contribution in [1.29, 1.82) is 0 Å². The van der Waals surface area contributed by atoms with Crippen LogP contribution in [0.5, 0.6) is 11.5 Å². The lowest BCUT2D eigenvalue weighted by atomic mass is 10.1. The number of halogens is 1. The molecule has 0 unspecified atom stereocenters. The standard InChI is InChI=1S/C14H18N2O3.ClH/c17-14(16-6-1-4-15-5-7-16)11-2-3-12-13(10-11)19-9-8-18-12;/h2-3,10,15H,1,4-9H2;1H. The maximum absolute atomic E-state index is 12.4. The summed E-state index contributed by atoms with van der Waals surface area (Å²) in [7, 11) is 0. The van der Waals surface area contributed by atoms with E-state index in [9.17, 15) is 4.79 Å². The number of carbonyl (C=O) groups is 1. The molecule has 0 radical (unpaired) electrons. The van der Waals surface area contributed by atoms with Gasteiger partial charge >= 0.3 is 0 Å². The number of nitrogens with one attached hydrogen (secondary N) is 1. The van der Waals surface area contributed by atoms with Crippen molar-refractivity contribution < 1.29 is 14.3 Å². The number of hydrogen-bond acceptors (Lipinski definition) is 4. The Hall–Kier alpha value is -1.46. The van der Waals surface area contributed by atoms with Crippen molar-refractivity contribution in [3.8, 4) is 11.5 Å². The van der Waals surface area contributed by atoms with Crippen LogP contribution in [0.25, 0.3) is 0 Å². The Labute approximate surface area is 124 Å². The Kier molecular flexibility index (Phi) is 5.09. The van der Waals surface area contributed by atoms with Crippen LogP contribution in [0.15, 0.2) is 18.2 Å². The van der Waals surface area contributed by atoms with Crippen molar-refractivity contribution in [3.63, 3.8) is 0 Å². The van der Waals surface area contributed by atoms with Crippen LogP contribution < -0.4 is 14.8 Å². The lowest BCUT2D eigenvalue weighted by molar-refractivity contribution is 0.0765. The summed E-state index contributed by atoms with van der Waals surface area (Å²) in [5.74, 6) is 1.46. The molecule has 20 heavy (non-hydrogen) atoms. The Balaban J connectivity index is 0.00000147. The third kappa shape index (κ3) is 3.16. The summed E-state index contributed by atoms with van der Waals surface area (Å²) in [6.45, 7) is 4.51. The molecule has 0 atom stereocenters. The fourth-order valence-electron chi connectivity index (χ4n) is 2.41. The first-order chi connectivity index (χ1) is 9.34. The summed E-state index contributed by atoms with van der Waals surface area (Å²) in [6, 6.07) is 5.42. The summed E-state index contributed by atoms with van der Waals surface area (Å²) < 4.78 is 11.0. The molecule has 110 valence electrons. The largest absolute Gasteiger partial charge is 0.486 e. The van der Waals surface area contributed by atoms with Crippen LogP contribution in [0, 0.1) is 0 Å². The predicted octanol–water partition coefficient (Wildman–Crippen LogP) is 1.32. The van der Waals surface area contributed by atoms with E-state index in [0.717, 1.165) is 38.3 Å². The van der Waals surface area contributed by atoms with E-state index in [1.165, 1.54) is 0 Å². The Morgan fingerprint density at radius 3 is 2.75 bits per heavy atom. The second kappa shape index (κ2) is 6.81. The summed E-state index contributed by atoms with van der Waals surface area (Å²) >= 11 is 0. The van der Waals surface area contributed by atoms with Gasteiger partial charge in [-0.15, -0.1) is 12.4 Å². The van der Waals surface area contributed by atoms with Gasteiger partial charge in [0.05, 0.1) is 0 Å². The highest BCUT2D eigenvalue weighted by molar-refractivity contribution is 5.95. The lowest BCUT2D eigenvalue weighted by Crippen LogP contribution is -2.34. The van der Waals surface area contributed by atoms with Gasteiger partial charge in [0.1, 0.15) is 13.2 Å². The van der Waals surface area contributed by atoms with Crippen molar-refractivity contribution in [2.45, 2.75) is 6.42 Å². The molecule has 1 N–H and O–H groups in total. The highest BCUT2D eigenvalue weighted by atomic mass is 35.5. The molecule has 0 aromatic heterocycles. The number of carbonyl (C=O) groups excluding carboxylic acids is 1. The monoisotopic (exact) mass is 298 g/mol. The van der Waals surface area contributed by atoms with E-state index in [2.05, 4.69) is 5.32 Å². The van der Waals surface area contributed by atoms with Gasteiger partial charge < -0.3 is 19.7 Å². The average molecular weight is 299 g/mol. The highest BCUT2D eigenvalue weighted by Gasteiger charge is 2.20. The molecule has 5 nitrogen and oxygen atoms in total. The van der Waals surface area contributed by atoms with E-state index in [4.69, 9.17) is 9.47 Å². The molecule has 0 bridgehead atoms. The molecule has 1 fully saturated rings. The average Bonchev–Trinajstić information content (AvgIpc) is 2.75. The van der Waals surface area contributed by atoms with Crippen LogP contribution in [0.3, 0.4) is 0 Å². The predicted molar refractivity (Wildman–Crippen MR) is 78.1 cm³/mol. The van der Waals surface area contributed by atoms with E-state index in [-0.39, 0.29) is 18.3 Å². The van der Waals surface area contributed by atoms with Crippen molar-refractivity contribution in [2.75, 3.05) is 39.4 Å². The van der Waals surface area contributed by atoms with E-state index in [0.29, 0.717) is 24.5 Å². The van der Waals surface area contributed by atoms with E-state index >= 15 is 0 Å². The van der Waals surface area contributed by atoms with E-state index in [1.807, 2.05) is 17.0 Å². The molecular weight excluding hydrogens is 280 g/mol. The minimum Gasteiger partial charge on any atom is -0.486 e. The van der Waals surface area contributed by atoms with Crippen LogP contribution >= 0.6 is 12.4 Å². The van der Waals surface area contributed by atoms with Gasteiger partial charge in [0, 0.05) is 25.2 Å². The van der Waals surface area contributed by atoms with Gasteiger partial charge in [-0.2, -0.15) is 0 Å². The van der Waals surface area contributed by atoms with Gasteiger partial charge in [-0.05, 0) is 31.2 Å². The van der Waals surface area contributed by atoms with Gasteiger partial charge in [0.25, 0.3) is 5.91 Å². The van der Waals surface area contributed by atoms with Gasteiger partial charge in [-0.1, -0.05) is 0 Å². The molecule has 1 saturated heterocycles. The maximum Gasteiger partial charge on any atom is 0.254 e. The number of rotatable bonds is 1. The topological polar surface area (TPSA) is 50.8 Å². The van der Waals surface area contributed by atoms with Gasteiger partial charge in [0.2, 0.25) is 0 Å². The van der Waals surface area contributed by atoms with E-state index < -0.39 is 0 Å². The minimum absolute atomic E-state index is 0. The zero-order valence-electron chi connectivity index (χ0n) is 11.3. The molecule has 1 amide bonds. The van der Waals surface area contributed by atoms with Crippen molar-refractivity contribution in [3.05, 3.63) is 23.8 Å². The molecule has 0 spiro atoms. The molecule has 0 saturated carbocycles. The summed E-state index contributed by atoms with van der Waals surface area (Å²) in [5.41, 5.74) is 0.672. The first kappa shape index (κ1) is 14.9. The van der Waals surface area contributed by atoms with Crippen LogP contribution in [0.4, 0.5) is 0 Å². The zero-order valence-corrected chi connectivity index (χ0v) is 12.1. The molecule has 1 aromatic carbocycles. The van der Waals surface area contributed by atoms with Crippen LogP contribution in [0.1, 0.15) is 16.8 Å². The quantitative estimate of drug-likeness (QED) is 0.849. The Morgan fingerprint density at radius 2 is 1.90 bits per heavy atom. The summed E-state index contributed by atoms with van der Waals surface area (Å²) in [5, 5.41) is 3.29. The number of nitrogens with zero attached hydrogens (tertiary/aromatic N) is 1. The van der Waals surface area contributed by atoms with Crippen molar-refractivity contribution in [2.24, 2.45) is 0 Å². The van der Waals surface area contributed by atoms with Gasteiger partial charge in [-0.3, -0.25) is 4.79 Å². The smallest absolute Gasteiger partial charge is 0.254 e. The van der Waals surface area contributed by atoms with E-state index in [1.54, 1.807) is 6.07 Å². The summed E-state index contributed by atoms with van der Waals surface area (Å²) in [6.07, 6.45) is 0.996. The molecule has 3 rings (SSSR count). The first-order valence-electron chi connectivity index (χ1n) is 6.74. The molecule has 2 aliphatic heterocycles. The SMILES string of the molecule is Cl.O=C(c1ccc2c(c1)OCCO2)N1CCCNCC1. The number of amides is 1. The van der Waals surface area contributed by atoms with Crippen LogP contribution in [0.2, 0.25) is 0 Å². The third-order valence-electron chi connectivity index (χ3n) is 3.42. The molecule has 1 aromatic rings. The Morgan fingerprint density at radius 1 is 1.10 bits per heavy atom.